The number of hydrogen-bond donors (Lipinski definition) is 1. The third kappa shape index (κ3) is 2.79. The Hall–Kier alpha value is -1.06. The van der Waals surface area contributed by atoms with Crippen molar-refractivity contribution in [2.45, 2.75) is 19.9 Å². The highest BCUT2D eigenvalue weighted by atomic mass is 35.5. The zero-order chi connectivity index (χ0) is 12.4. The highest BCUT2D eigenvalue weighted by Crippen LogP contribution is 2.28. The van der Waals surface area contributed by atoms with Crippen LogP contribution in [-0.4, -0.2) is 0 Å². The van der Waals surface area contributed by atoms with Crippen molar-refractivity contribution in [2.24, 2.45) is 0 Å². The number of nitrogens with one attached hydrogen (secondary N) is 1. The molecule has 0 amide bonds. The van der Waals surface area contributed by atoms with Gasteiger partial charge in [-0.05, 0) is 49.1 Å². The molecule has 1 N–H and O–H groups in total. The smallest absolute Gasteiger partial charge is 0.147 e. The Morgan fingerprint density at radius 3 is 2.71 bits per heavy atom. The summed E-state index contributed by atoms with van der Waals surface area (Å²) in [6.45, 7) is 4.08. The van der Waals surface area contributed by atoms with Crippen LogP contribution in [0, 0.1) is 12.7 Å². The lowest BCUT2D eigenvalue weighted by molar-refractivity contribution is 0.628. The summed E-state index contributed by atoms with van der Waals surface area (Å²) in [6.07, 6.45) is 0. The predicted molar refractivity (Wildman–Crippen MR) is 72.5 cm³/mol. The zero-order valence-electron chi connectivity index (χ0n) is 9.63. The summed E-state index contributed by atoms with van der Waals surface area (Å²) in [4.78, 5) is 1.22. The molecule has 0 fully saturated rings. The van der Waals surface area contributed by atoms with Crippen LogP contribution in [0.15, 0.2) is 29.6 Å². The van der Waals surface area contributed by atoms with E-state index in [0.717, 1.165) is 0 Å². The van der Waals surface area contributed by atoms with E-state index in [1.807, 2.05) is 12.3 Å². The monoisotopic (exact) mass is 269 g/mol. The number of halogens is 2. The number of anilines is 1. The summed E-state index contributed by atoms with van der Waals surface area (Å²) < 4.78 is 13.6. The second-order valence-electron chi connectivity index (χ2n) is 3.96. The van der Waals surface area contributed by atoms with Crippen LogP contribution < -0.4 is 5.32 Å². The number of hydrogen-bond acceptors (Lipinski definition) is 2. The van der Waals surface area contributed by atoms with Crippen molar-refractivity contribution in [2.75, 3.05) is 5.32 Å². The Morgan fingerprint density at radius 2 is 2.12 bits per heavy atom. The van der Waals surface area contributed by atoms with Gasteiger partial charge in [-0.3, -0.25) is 0 Å². The SMILES string of the molecule is Cc1ccsc1C(C)Nc1ccc(Cl)cc1F. The van der Waals surface area contributed by atoms with E-state index in [2.05, 4.69) is 18.3 Å². The first-order valence-electron chi connectivity index (χ1n) is 5.33. The van der Waals surface area contributed by atoms with Crippen LogP contribution in [0.1, 0.15) is 23.4 Å². The van der Waals surface area contributed by atoms with Gasteiger partial charge in [-0.15, -0.1) is 11.3 Å². The van der Waals surface area contributed by atoms with Gasteiger partial charge in [0.2, 0.25) is 0 Å². The molecule has 1 heterocycles. The van der Waals surface area contributed by atoms with Gasteiger partial charge in [0.25, 0.3) is 0 Å². The fourth-order valence-corrected chi connectivity index (χ4v) is 2.83. The topological polar surface area (TPSA) is 12.0 Å². The van der Waals surface area contributed by atoms with Gasteiger partial charge in [-0.25, -0.2) is 4.39 Å². The van der Waals surface area contributed by atoms with E-state index in [1.165, 1.54) is 16.5 Å². The van der Waals surface area contributed by atoms with E-state index in [0.29, 0.717) is 10.7 Å². The van der Waals surface area contributed by atoms with Crippen molar-refractivity contribution >= 4 is 28.6 Å². The summed E-state index contributed by atoms with van der Waals surface area (Å²) in [5.41, 5.74) is 1.71. The largest absolute Gasteiger partial charge is 0.375 e. The molecule has 1 aromatic heterocycles. The molecule has 0 radical (unpaired) electrons. The average Bonchev–Trinajstić information content (AvgIpc) is 2.68. The second kappa shape index (κ2) is 5.07. The lowest BCUT2D eigenvalue weighted by Gasteiger charge is -2.15. The van der Waals surface area contributed by atoms with E-state index in [-0.39, 0.29) is 11.9 Å². The molecule has 1 unspecified atom stereocenters. The normalized spacial score (nSPS) is 12.5. The van der Waals surface area contributed by atoms with Crippen LogP contribution in [-0.2, 0) is 0 Å². The molecule has 1 aromatic carbocycles. The quantitative estimate of drug-likeness (QED) is 0.825. The molecule has 0 saturated heterocycles. The molecule has 2 aromatic rings. The first-order valence-corrected chi connectivity index (χ1v) is 6.59. The lowest BCUT2D eigenvalue weighted by Crippen LogP contribution is -2.07. The van der Waals surface area contributed by atoms with E-state index in [1.54, 1.807) is 23.5 Å². The molecular weight excluding hydrogens is 257 g/mol. The summed E-state index contributed by atoms with van der Waals surface area (Å²) in [5, 5.41) is 5.61. The number of aryl methyl sites for hydroxylation is 1. The van der Waals surface area contributed by atoms with Crippen molar-refractivity contribution < 1.29 is 4.39 Å². The maximum Gasteiger partial charge on any atom is 0.147 e. The summed E-state index contributed by atoms with van der Waals surface area (Å²) in [6, 6.07) is 6.82. The fourth-order valence-electron chi connectivity index (χ4n) is 1.73. The van der Waals surface area contributed by atoms with Crippen LogP contribution in [0.3, 0.4) is 0 Å². The van der Waals surface area contributed by atoms with Crippen LogP contribution in [0.5, 0.6) is 0 Å². The van der Waals surface area contributed by atoms with Crippen LogP contribution in [0.2, 0.25) is 5.02 Å². The maximum atomic E-state index is 13.6. The van der Waals surface area contributed by atoms with Gasteiger partial charge < -0.3 is 5.32 Å². The van der Waals surface area contributed by atoms with Crippen molar-refractivity contribution in [3.63, 3.8) is 0 Å². The molecular formula is C13H13ClFNS. The molecule has 0 aliphatic carbocycles. The molecule has 0 bridgehead atoms. The Labute approximate surface area is 109 Å². The van der Waals surface area contributed by atoms with Gasteiger partial charge >= 0.3 is 0 Å². The fraction of sp³-hybridized carbons (Fsp3) is 0.231. The summed E-state index contributed by atoms with van der Waals surface area (Å²) >= 11 is 7.39. The van der Waals surface area contributed by atoms with Crippen LogP contribution >= 0.6 is 22.9 Å². The van der Waals surface area contributed by atoms with E-state index < -0.39 is 0 Å². The number of benzene rings is 1. The van der Waals surface area contributed by atoms with E-state index in [4.69, 9.17) is 11.6 Å². The molecule has 1 atom stereocenters. The number of thiophene rings is 1. The molecule has 0 aliphatic rings. The Morgan fingerprint density at radius 1 is 1.35 bits per heavy atom. The predicted octanol–water partition coefficient (Wildman–Crippen LogP) is 5.02. The Bertz CT molecular complexity index is 524. The Kier molecular flexibility index (Phi) is 3.69. The van der Waals surface area contributed by atoms with E-state index >= 15 is 0 Å². The standard InChI is InChI=1S/C13H13ClFNS/c1-8-5-6-17-13(8)9(2)16-12-4-3-10(14)7-11(12)15/h3-7,9,16H,1-2H3. The van der Waals surface area contributed by atoms with Gasteiger partial charge in [0.15, 0.2) is 0 Å². The molecule has 0 spiro atoms. The first-order chi connectivity index (χ1) is 8.08. The summed E-state index contributed by atoms with van der Waals surface area (Å²) in [5.74, 6) is -0.321. The minimum atomic E-state index is -0.321. The van der Waals surface area contributed by atoms with Crippen molar-refractivity contribution in [3.05, 3.63) is 50.9 Å². The first kappa shape index (κ1) is 12.4. The van der Waals surface area contributed by atoms with Crippen molar-refractivity contribution in [1.29, 1.82) is 0 Å². The van der Waals surface area contributed by atoms with Gasteiger partial charge in [0, 0.05) is 9.90 Å². The minimum Gasteiger partial charge on any atom is -0.375 e. The zero-order valence-corrected chi connectivity index (χ0v) is 11.2. The van der Waals surface area contributed by atoms with E-state index in [9.17, 15) is 4.39 Å². The molecule has 1 nitrogen and oxygen atoms in total. The molecule has 4 heteroatoms. The molecule has 17 heavy (non-hydrogen) atoms. The van der Waals surface area contributed by atoms with Gasteiger partial charge in [-0.2, -0.15) is 0 Å². The lowest BCUT2D eigenvalue weighted by atomic mass is 10.2. The Balaban J connectivity index is 2.19. The van der Waals surface area contributed by atoms with Crippen molar-refractivity contribution in [1.82, 2.24) is 0 Å². The maximum absolute atomic E-state index is 13.6. The molecule has 90 valence electrons. The van der Waals surface area contributed by atoms with Gasteiger partial charge in [0.1, 0.15) is 5.82 Å². The highest BCUT2D eigenvalue weighted by Gasteiger charge is 2.11. The summed E-state index contributed by atoms with van der Waals surface area (Å²) in [7, 11) is 0. The molecule has 2 rings (SSSR count). The van der Waals surface area contributed by atoms with Crippen LogP contribution in [0.25, 0.3) is 0 Å². The highest BCUT2D eigenvalue weighted by molar-refractivity contribution is 7.10. The van der Waals surface area contributed by atoms with Crippen LogP contribution in [0.4, 0.5) is 10.1 Å². The molecule has 0 aliphatic heterocycles. The second-order valence-corrected chi connectivity index (χ2v) is 5.34. The van der Waals surface area contributed by atoms with Crippen molar-refractivity contribution in [3.8, 4) is 0 Å². The third-order valence-electron chi connectivity index (χ3n) is 2.60. The third-order valence-corrected chi connectivity index (χ3v) is 4.03. The van der Waals surface area contributed by atoms with Gasteiger partial charge in [0.05, 0.1) is 11.7 Å². The molecule has 0 saturated carbocycles. The number of rotatable bonds is 3. The van der Waals surface area contributed by atoms with Gasteiger partial charge in [-0.1, -0.05) is 11.6 Å². The average molecular weight is 270 g/mol. The minimum absolute atomic E-state index is 0.0886.